The van der Waals surface area contributed by atoms with E-state index in [1.54, 1.807) is 10.9 Å². The van der Waals surface area contributed by atoms with Gasteiger partial charge in [0.05, 0.1) is 0 Å². The molecular formula is C13H19N5O3Se. The van der Waals surface area contributed by atoms with E-state index in [0.29, 0.717) is 23.4 Å². The zero-order chi connectivity index (χ0) is 15.9. The Morgan fingerprint density at radius 3 is 2.95 bits per heavy atom. The molecule has 2 aromatic rings. The van der Waals surface area contributed by atoms with Gasteiger partial charge in [-0.1, -0.05) is 0 Å². The standard InChI is InChI=1S/C13H19N5O3Se/c1-2-3-6(19)9-8(20)10(22)13(21-9)18-5-17-7-11(14)15-4-16-12(7)18/h4-6,8-10,13,19-20,22H,2-3H2,1H3,(H2,14,15,16)/t6?,8-,9-,10-,13-/m1/s1. The van der Waals surface area contributed by atoms with E-state index in [4.69, 9.17) is 10.5 Å². The van der Waals surface area contributed by atoms with Gasteiger partial charge in [-0.3, -0.25) is 0 Å². The van der Waals surface area contributed by atoms with Crippen molar-refractivity contribution in [2.75, 3.05) is 5.73 Å². The van der Waals surface area contributed by atoms with Gasteiger partial charge >= 0.3 is 135 Å². The molecule has 1 fully saturated rings. The molecule has 120 valence electrons. The Hall–Kier alpha value is -1.25. The van der Waals surface area contributed by atoms with Crippen LogP contribution < -0.4 is 5.73 Å². The molecule has 0 bridgehead atoms. The fourth-order valence-electron chi connectivity index (χ4n) is 2.75. The van der Waals surface area contributed by atoms with E-state index in [-0.39, 0.29) is 4.82 Å². The fourth-order valence-corrected chi connectivity index (χ4v) is 3.55. The molecule has 0 radical (unpaired) electrons. The van der Waals surface area contributed by atoms with Crippen molar-refractivity contribution in [3.8, 4) is 0 Å². The molecule has 3 heterocycles. The summed E-state index contributed by atoms with van der Waals surface area (Å²) in [5.74, 6) is 0.298. The monoisotopic (exact) mass is 373 g/mol. The minimum atomic E-state index is -0.775. The van der Waals surface area contributed by atoms with E-state index in [9.17, 15) is 10.2 Å². The number of nitrogen functional groups attached to an aromatic ring is 1. The van der Waals surface area contributed by atoms with Crippen LogP contribution in [0.2, 0.25) is 4.82 Å². The molecule has 2 aromatic heterocycles. The average Bonchev–Trinajstić information content (AvgIpc) is 3.03. The summed E-state index contributed by atoms with van der Waals surface area (Å²) < 4.78 is 7.62. The third-order valence-electron chi connectivity index (χ3n) is 3.90. The number of nitrogens with two attached hydrogens (primary N) is 1. The molecule has 1 saturated heterocycles. The molecule has 5 atom stereocenters. The molecule has 4 N–H and O–H groups in total. The van der Waals surface area contributed by atoms with Gasteiger partial charge in [-0.15, -0.1) is 0 Å². The minimum absolute atomic E-state index is 0.266. The van der Waals surface area contributed by atoms with Crippen molar-refractivity contribution in [3.63, 3.8) is 0 Å². The molecule has 3 rings (SSSR count). The van der Waals surface area contributed by atoms with E-state index in [1.165, 1.54) is 6.33 Å². The predicted molar refractivity (Wildman–Crippen MR) is 81.5 cm³/mol. The van der Waals surface area contributed by atoms with Crippen LogP contribution in [0.1, 0.15) is 26.0 Å². The fraction of sp³-hybridized carbons (Fsp3) is 0.615. The number of aliphatic hydroxyl groups excluding tert-OH is 2. The first-order chi connectivity index (χ1) is 10.5. The van der Waals surface area contributed by atoms with Crippen molar-refractivity contribution in [1.82, 2.24) is 19.5 Å². The Bertz CT molecular complexity index is 666. The van der Waals surface area contributed by atoms with Gasteiger partial charge in [0.25, 0.3) is 0 Å². The van der Waals surface area contributed by atoms with Crippen molar-refractivity contribution in [2.45, 2.75) is 49.1 Å². The number of hydrogen-bond donors (Lipinski definition) is 3. The normalized spacial score (nSPS) is 30.0. The number of anilines is 1. The number of aromatic nitrogens is 4. The molecule has 22 heavy (non-hydrogen) atoms. The molecule has 0 aliphatic carbocycles. The van der Waals surface area contributed by atoms with Crippen LogP contribution in [0.15, 0.2) is 12.7 Å². The number of nitrogens with zero attached hydrogens (tertiary/aromatic N) is 4. The van der Waals surface area contributed by atoms with Crippen molar-refractivity contribution in [1.29, 1.82) is 0 Å². The Labute approximate surface area is 135 Å². The average molecular weight is 372 g/mol. The molecule has 0 spiro atoms. The van der Waals surface area contributed by atoms with Crippen LogP contribution in [0, 0.1) is 0 Å². The molecular weight excluding hydrogens is 353 g/mol. The summed E-state index contributed by atoms with van der Waals surface area (Å²) in [4.78, 5) is 12.0. The Morgan fingerprint density at radius 2 is 2.23 bits per heavy atom. The second-order valence-corrected chi connectivity index (χ2v) is 6.66. The van der Waals surface area contributed by atoms with E-state index in [1.807, 2.05) is 6.92 Å². The Balaban J connectivity index is 1.92. The maximum atomic E-state index is 10.4. The van der Waals surface area contributed by atoms with Crippen LogP contribution in [0.3, 0.4) is 0 Å². The summed E-state index contributed by atoms with van der Waals surface area (Å²) in [6, 6.07) is 0. The third-order valence-corrected chi connectivity index (χ3v) is 5.08. The van der Waals surface area contributed by atoms with Crippen molar-refractivity contribution in [3.05, 3.63) is 12.7 Å². The summed E-state index contributed by atoms with van der Waals surface area (Å²) in [6.45, 7) is 1.98. The predicted octanol–water partition coefficient (Wildman–Crippen LogP) is -0.483. The number of aliphatic hydroxyl groups is 2. The molecule has 8 nitrogen and oxygen atoms in total. The molecule has 1 aliphatic rings. The zero-order valence-corrected chi connectivity index (χ0v) is 13.9. The summed E-state index contributed by atoms with van der Waals surface area (Å²) in [5, 5.41) is 20.5. The van der Waals surface area contributed by atoms with Gasteiger partial charge in [0, 0.05) is 0 Å². The zero-order valence-electron chi connectivity index (χ0n) is 12.1. The maximum absolute atomic E-state index is 10.4. The van der Waals surface area contributed by atoms with Gasteiger partial charge < -0.3 is 0 Å². The van der Waals surface area contributed by atoms with E-state index < -0.39 is 24.5 Å². The molecule has 9 heteroatoms. The molecule has 0 aromatic carbocycles. The van der Waals surface area contributed by atoms with Crippen LogP contribution >= 0.6 is 0 Å². The molecule has 0 amide bonds. The van der Waals surface area contributed by atoms with Gasteiger partial charge in [-0.2, -0.15) is 0 Å². The van der Waals surface area contributed by atoms with Crippen molar-refractivity contribution < 1.29 is 14.9 Å². The second kappa shape index (κ2) is 6.10. The van der Waals surface area contributed by atoms with Crippen LogP contribution in [0.5, 0.6) is 0 Å². The Kier molecular flexibility index (Phi) is 4.33. The van der Waals surface area contributed by atoms with Gasteiger partial charge in [-0.25, -0.2) is 0 Å². The van der Waals surface area contributed by atoms with Gasteiger partial charge in [0.15, 0.2) is 0 Å². The topological polar surface area (TPSA) is 119 Å². The first kappa shape index (κ1) is 15.6. The van der Waals surface area contributed by atoms with Crippen molar-refractivity contribution in [2.24, 2.45) is 0 Å². The first-order valence-electron chi connectivity index (χ1n) is 7.17. The van der Waals surface area contributed by atoms with E-state index in [2.05, 4.69) is 31.0 Å². The summed E-state index contributed by atoms with van der Waals surface area (Å²) in [6.07, 6.45) is 1.74. The van der Waals surface area contributed by atoms with Crippen LogP contribution in [-0.2, 0) is 4.74 Å². The van der Waals surface area contributed by atoms with Crippen LogP contribution in [0.25, 0.3) is 11.2 Å². The number of rotatable bonds is 4. The van der Waals surface area contributed by atoms with Crippen LogP contribution in [0.4, 0.5) is 5.82 Å². The molecule has 0 saturated carbocycles. The summed E-state index contributed by atoms with van der Waals surface area (Å²) >= 11 is 2.40. The quantitative estimate of drug-likeness (QED) is 0.620. The second-order valence-electron chi connectivity index (χ2n) is 5.41. The SMILES string of the molecule is CCCC(O)[C@H]1O[C@@H](n2cnc3c(N)ncnc32)[C@H]([SeH])[C@@H]1O. The number of hydrogen-bond acceptors (Lipinski definition) is 7. The van der Waals surface area contributed by atoms with Crippen molar-refractivity contribution >= 4 is 33.0 Å². The summed E-state index contributed by atoms with van der Waals surface area (Å²) in [7, 11) is 0. The third kappa shape index (κ3) is 2.49. The Morgan fingerprint density at radius 1 is 1.45 bits per heavy atom. The molecule has 1 unspecified atom stereocenters. The molecule has 1 aliphatic heterocycles. The first-order valence-corrected chi connectivity index (χ1v) is 8.25. The van der Waals surface area contributed by atoms with E-state index in [0.717, 1.165) is 6.42 Å². The van der Waals surface area contributed by atoms with E-state index >= 15 is 0 Å². The summed E-state index contributed by atoms with van der Waals surface area (Å²) in [5.41, 5.74) is 6.83. The number of ether oxygens (including phenoxy) is 1. The van der Waals surface area contributed by atoms with Gasteiger partial charge in [-0.05, 0) is 0 Å². The number of fused-ring (bicyclic) bond motifs is 1. The van der Waals surface area contributed by atoms with Gasteiger partial charge in [0.1, 0.15) is 0 Å². The number of imidazole rings is 1. The van der Waals surface area contributed by atoms with Gasteiger partial charge in [0.2, 0.25) is 0 Å². The van der Waals surface area contributed by atoms with Crippen LogP contribution in [-0.4, -0.2) is 64.1 Å².